The van der Waals surface area contributed by atoms with Crippen molar-refractivity contribution in [3.63, 3.8) is 0 Å². The number of amides is 2. The Balaban J connectivity index is 1.25. The Morgan fingerprint density at radius 2 is 2.03 bits per heavy atom. The molecule has 6 rings (SSSR count). The molecule has 1 saturated heterocycles. The molecular formula is C30H34N4O5. The van der Waals surface area contributed by atoms with Crippen LogP contribution in [0.5, 0.6) is 11.5 Å². The minimum Gasteiger partial charge on any atom is -0.460 e. The van der Waals surface area contributed by atoms with Crippen LogP contribution in [-0.2, 0) is 0 Å². The molecule has 0 bridgehead atoms. The maximum absolute atomic E-state index is 13.2. The summed E-state index contributed by atoms with van der Waals surface area (Å²) < 4.78 is 13.9. The number of carbonyl (C=O) groups excluding carboxylic acids is 2. The SMILES string of the molecule is Cc1oc2cc(Oc3ccnn4cc(C(=O)N5CC[C@@](C)(O)C5)c(C)c34)ccc2c1C(=O)NCC1CCCC1. The van der Waals surface area contributed by atoms with Crippen LogP contribution in [0.25, 0.3) is 16.5 Å². The number of ether oxygens (including phenoxy) is 1. The predicted molar refractivity (Wildman–Crippen MR) is 146 cm³/mol. The van der Waals surface area contributed by atoms with Gasteiger partial charge in [-0.15, -0.1) is 0 Å². The number of aryl methyl sites for hydroxylation is 2. The minimum atomic E-state index is -0.866. The average molecular weight is 531 g/mol. The molecule has 1 atom stereocenters. The fourth-order valence-corrected chi connectivity index (χ4v) is 6.02. The summed E-state index contributed by atoms with van der Waals surface area (Å²) in [4.78, 5) is 27.9. The molecule has 2 aliphatic rings. The molecule has 3 aromatic heterocycles. The monoisotopic (exact) mass is 530 g/mol. The van der Waals surface area contributed by atoms with Crippen molar-refractivity contribution >= 4 is 28.3 Å². The number of carbonyl (C=O) groups is 2. The summed E-state index contributed by atoms with van der Waals surface area (Å²) in [6, 6.07) is 7.21. The van der Waals surface area contributed by atoms with Gasteiger partial charge >= 0.3 is 0 Å². The Morgan fingerprint density at radius 1 is 1.23 bits per heavy atom. The van der Waals surface area contributed by atoms with E-state index in [0.29, 0.717) is 71.5 Å². The van der Waals surface area contributed by atoms with Crippen molar-refractivity contribution < 1.29 is 23.8 Å². The van der Waals surface area contributed by atoms with Crippen LogP contribution >= 0.6 is 0 Å². The van der Waals surface area contributed by atoms with Gasteiger partial charge < -0.3 is 24.5 Å². The third kappa shape index (κ3) is 4.76. The Labute approximate surface area is 226 Å². The summed E-state index contributed by atoms with van der Waals surface area (Å²) in [6.07, 6.45) is 8.71. The van der Waals surface area contributed by atoms with Crippen LogP contribution in [0.3, 0.4) is 0 Å². The van der Waals surface area contributed by atoms with Gasteiger partial charge in [-0.1, -0.05) is 12.8 Å². The number of nitrogens with zero attached hydrogens (tertiary/aromatic N) is 3. The molecule has 1 saturated carbocycles. The van der Waals surface area contributed by atoms with E-state index >= 15 is 0 Å². The smallest absolute Gasteiger partial charge is 0.255 e. The van der Waals surface area contributed by atoms with Crippen molar-refractivity contribution in [3.05, 3.63) is 59.1 Å². The number of nitrogens with one attached hydrogen (secondary N) is 1. The first kappa shape index (κ1) is 25.4. The topological polar surface area (TPSA) is 109 Å². The highest BCUT2D eigenvalue weighted by atomic mass is 16.5. The fourth-order valence-electron chi connectivity index (χ4n) is 6.02. The molecule has 1 aromatic carbocycles. The Hall–Kier alpha value is -3.85. The van der Waals surface area contributed by atoms with Crippen molar-refractivity contribution in [3.8, 4) is 11.5 Å². The van der Waals surface area contributed by atoms with E-state index in [2.05, 4.69) is 10.4 Å². The number of rotatable bonds is 6. The Bertz CT molecular complexity index is 1580. The zero-order valence-corrected chi connectivity index (χ0v) is 22.6. The number of hydrogen-bond acceptors (Lipinski definition) is 6. The molecule has 2 amide bonds. The Kier molecular flexibility index (Phi) is 6.33. The van der Waals surface area contributed by atoms with E-state index in [-0.39, 0.29) is 11.8 Å². The molecule has 2 N–H and O–H groups in total. The van der Waals surface area contributed by atoms with E-state index in [4.69, 9.17) is 9.15 Å². The maximum atomic E-state index is 13.2. The van der Waals surface area contributed by atoms with E-state index in [1.807, 2.05) is 19.1 Å². The minimum absolute atomic E-state index is 0.108. The number of fused-ring (bicyclic) bond motifs is 2. The van der Waals surface area contributed by atoms with Gasteiger partial charge in [-0.25, -0.2) is 4.52 Å². The van der Waals surface area contributed by atoms with E-state index in [1.54, 1.807) is 47.8 Å². The third-order valence-electron chi connectivity index (χ3n) is 8.18. The molecule has 1 aliphatic carbocycles. The average Bonchev–Trinajstić information content (AvgIpc) is 3.68. The first-order valence-electron chi connectivity index (χ1n) is 13.7. The van der Waals surface area contributed by atoms with Crippen molar-refractivity contribution in [1.82, 2.24) is 19.8 Å². The molecule has 9 heteroatoms. The van der Waals surface area contributed by atoms with Gasteiger partial charge in [0.05, 0.1) is 22.9 Å². The molecule has 204 valence electrons. The summed E-state index contributed by atoms with van der Waals surface area (Å²) in [5.74, 6) is 1.99. The predicted octanol–water partition coefficient (Wildman–Crippen LogP) is 5.01. The molecule has 2 fully saturated rings. The van der Waals surface area contributed by atoms with E-state index in [0.717, 1.165) is 10.9 Å². The summed E-state index contributed by atoms with van der Waals surface area (Å²) in [6.45, 7) is 6.94. The fraction of sp³-hybridized carbons (Fsp3) is 0.433. The van der Waals surface area contributed by atoms with Crippen molar-refractivity contribution in [2.45, 2.75) is 58.5 Å². The number of furan rings is 1. The van der Waals surface area contributed by atoms with Crippen LogP contribution in [-0.4, -0.2) is 56.7 Å². The number of likely N-dealkylation sites (tertiary alicyclic amines) is 1. The second-order valence-corrected chi connectivity index (χ2v) is 11.3. The van der Waals surface area contributed by atoms with Gasteiger partial charge in [-0.2, -0.15) is 5.10 Å². The zero-order chi connectivity index (χ0) is 27.3. The summed E-state index contributed by atoms with van der Waals surface area (Å²) in [7, 11) is 0. The van der Waals surface area contributed by atoms with E-state index < -0.39 is 5.60 Å². The Morgan fingerprint density at radius 3 is 2.77 bits per heavy atom. The van der Waals surface area contributed by atoms with Crippen LogP contribution in [0.2, 0.25) is 0 Å². The maximum Gasteiger partial charge on any atom is 0.255 e. The molecule has 1 aliphatic heterocycles. The number of benzene rings is 1. The largest absolute Gasteiger partial charge is 0.460 e. The van der Waals surface area contributed by atoms with Gasteiger partial charge in [-0.05, 0) is 63.6 Å². The second kappa shape index (κ2) is 9.72. The van der Waals surface area contributed by atoms with Crippen LogP contribution in [0.15, 0.2) is 41.1 Å². The number of β-amino-alcohol motifs (C(OH)–C–C–N with tert-alkyl or cyclic N) is 1. The molecule has 0 radical (unpaired) electrons. The van der Waals surface area contributed by atoms with Crippen molar-refractivity contribution in [2.24, 2.45) is 5.92 Å². The van der Waals surface area contributed by atoms with Crippen molar-refractivity contribution in [2.75, 3.05) is 19.6 Å². The number of hydrogen-bond donors (Lipinski definition) is 2. The van der Waals surface area contributed by atoms with Crippen LogP contribution in [0.1, 0.15) is 71.1 Å². The molecule has 4 heterocycles. The lowest BCUT2D eigenvalue weighted by Crippen LogP contribution is -2.34. The highest BCUT2D eigenvalue weighted by Crippen LogP contribution is 2.35. The molecular weight excluding hydrogens is 496 g/mol. The number of aliphatic hydroxyl groups is 1. The first-order valence-corrected chi connectivity index (χ1v) is 13.7. The highest BCUT2D eigenvalue weighted by molar-refractivity contribution is 6.07. The van der Waals surface area contributed by atoms with Crippen LogP contribution < -0.4 is 10.1 Å². The van der Waals surface area contributed by atoms with Crippen LogP contribution in [0.4, 0.5) is 0 Å². The van der Waals surface area contributed by atoms with Gasteiger partial charge in [-0.3, -0.25) is 9.59 Å². The number of aromatic nitrogens is 2. The molecule has 39 heavy (non-hydrogen) atoms. The van der Waals surface area contributed by atoms with Gasteiger partial charge in [0.2, 0.25) is 0 Å². The summed E-state index contributed by atoms with van der Waals surface area (Å²) >= 11 is 0. The lowest BCUT2D eigenvalue weighted by molar-refractivity contribution is 0.0572. The second-order valence-electron chi connectivity index (χ2n) is 11.3. The lowest BCUT2D eigenvalue weighted by Gasteiger charge is -2.18. The van der Waals surface area contributed by atoms with Gasteiger partial charge in [0.25, 0.3) is 11.8 Å². The lowest BCUT2D eigenvalue weighted by atomic mass is 10.1. The van der Waals surface area contributed by atoms with Gasteiger partial charge in [0, 0.05) is 43.4 Å². The highest BCUT2D eigenvalue weighted by Gasteiger charge is 2.35. The van der Waals surface area contributed by atoms with Gasteiger partial charge in [0.1, 0.15) is 22.6 Å². The van der Waals surface area contributed by atoms with Gasteiger partial charge in [0.15, 0.2) is 5.75 Å². The van der Waals surface area contributed by atoms with E-state index in [1.165, 1.54) is 25.7 Å². The van der Waals surface area contributed by atoms with Crippen LogP contribution in [0, 0.1) is 19.8 Å². The quantitative estimate of drug-likeness (QED) is 0.363. The standard InChI is InChI=1S/C30H34N4O5/c1-18-23(29(36)33-13-11-30(3,37)17-33)16-34-27(18)24(10-12-32-34)39-21-8-9-22-25(14-21)38-19(2)26(22)28(35)31-15-20-6-4-5-7-20/h8-10,12,14,16,20,37H,4-7,11,13,15,17H2,1-3H3,(H,31,35)/t30-/m1/s1. The third-order valence-corrected chi connectivity index (χ3v) is 8.18. The van der Waals surface area contributed by atoms with Crippen molar-refractivity contribution in [1.29, 1.82) is 0 Å². The molecule has 9 nitrogen and oxygen atoms in total. The van der Waals surface area contributed by atoms with E-state index in [9.17, 15) is 14.7 Å². The first-order chi connectivity index (χ1) is 18.7. The molecule has 4 aromatic rings. The zero-order valence-electron chi connectivity index (χ0n) is 22.6. The molecule has 0 spiro atoms. The normalized spacial score (nSPS) is 19.8. The molecule has 0 unspecified atom stereocenters. The summed E-state index contributed by atoms with van der Waals surface area (Å²) in [5.41, 5.74) is 2.24. The summed E-state index contributed by atoms with van der Waals surface area (Å²) in [5, 5.41) is 18.5.